The highest BCUT2D eigenvalue weighted by molar-refractivity contribution is 7.13. The molecule has 2 aromatic rings. The second-order valence-electron chi connectivity index (χ2n) is 3.33. The molecule has 0 spiro atoms. The van der Waals surface area contributed by atoms with Crippen molar-refractivity contribution in [3.8, 4) is 0 Å². The van der Waals surface area contributed by atoms with Gasteiger partial charge in [-0.3, -0.25) is 5.41 Å². The fraction of sp³-hybridized carbons (Fsp3) is 0.0909. The zero-order valence-corrected chi connectivity index (χ0v) is 9.66. The number of nitrogens with one attached hydrogen (secondary N) is 1. The summed E-state index contributed by atoms with van der Waals surface area (Å²) in [5.41, 5.74) is 7.15. The van der Waals surface area contributed by atoms with Gasteiger partial charge < -0.3 is 10.6 Å². The van der Waals surface area contributed by atoms with E-state index in [9.17, 15) is 0 Å². The van der Waals surface area contributed by atoms with Gasteiger partial charge in [-0.15, -0.1) is 11.3 Å². The van der Waals surface area contributed by atoms with Crippen molar-refractivity contribution in [2.24, 2.45) is 5.73 Å². The number of benzene rings is 1. The molecule has 5 heteroatoms. The summed E-state index contributed by atoms with van der Waals surface area (Å²) in [6, 6.07) is 7.53. The lowest BCUT2D eigenvalue weighted by molar-refractivity contribution is 1.17. The van der Waals surface area contributed by atoms with Gasteiger partial charge in [0.2, 0.25) is 0 Å². The van der Waals surface area contributed by atoms with E-state index in [1.54, 1.807) is 17.5 Å². The van der Waals surface area contributed by atoms with Crippen LogP contribution >= 0.6 is 11.3 Å². The summed E-state index contributed by atoms with van der Waals surface area (Å²) in [5, 5.41) is 10.2. The zero-order chi connectivity index (χ0) is 11.5. The maximum Gasteiger partial charge on any atom is 0.189 e. The van der Waals surface area contributed by atoms with E-state index in [-0.39, 0.29) is 5.84 Å². The van der Waals surface area contributed by atoms with E-state index in [0.717, 1.165) is 16.4 Å². The normalized spacial score (nSPS) is 10.1. The summed E-state index contributed by atoms with van der Waals surface area (Å²) in [6.45, 7) is 0. The predicted molar refractivity (Wildman–Crippen MR) is 67.6 cm³/mol. The van der Waals surface area contributed by atoms with Gasteiger partial charge in [-0.05, 0) is 24.3 Å². The van der Waals surface area contributed by atoms with Crippen molar-refractivity contribution in [1.82, 2.24) is 4.98 Å². The van der Waals surface area contributed by atoms with Gasteiger partial charge >= 0.3 is 0 Å². The van der Waals surface area contributed by atoms with Crippen LogP contribution in [0.15, 0.2) is 35.8 Å². The molecule has 1 aromatic heterocycles. The number of nitrogens with two attached hydrogens (primary N) is 1. The molecule has 0 radical (unpaired) electrons. The molecule has 82 valence electrons. The average molecular weight is 232 g/mol. The van der Waals surface area contributed by atoms with Crippen LogP contribution in [0.1, 0.15) is 5.56 Å². The van der Waals surface area contributed by atoms with Gasteiger partial charge in [-0.25, -0.2) is 4.98 Å². The number of hydrogen-bond acceptors (Lipinski definition) is 4. The van der Waals surface area contributed by atoms with Gasteiger partial charge in [0.1, 0.15) is 5.84 Å². The van der Waals surface area contributed by atoms with Crippen molar-refractivity contribution >= 4 is 28.0 Å². The van der Waals surface area contributed by atoms with Gasteiger partial charge in [0.15, 0.2) is 5.13 Å². The molecule has 0 aliphatic carbocycles. The van der Waals surface area contributed by atoms with E-state index in [0.29, 0.717) is 0 Å². The Morgan fingerprint density at radius 1 is 1.38 bits per heavy atom. The first-order valence-electron chi connectivity index (χ1n) is 4.76. The minimum Gasteiger partial charge on any atom is -0.384 e. The molecule has 0 fully saturated rings. The molecule has 4 nitrogen and oxygen atoms in total. The van der Waals surface area contributed by atoms with Crippen LogP contribution in [0.2, 0.25) is 0 Å². The molecular weight excluding hydrogens is 220 g/mol. The molecule has 1 aromatic carbocycles. The quantitative estimate of drug-likeness (QED) is 0.629. The lowest BCUT2D eigenvalue weighted by Gasteiger charge is -2.15. The molecule has 0 unspecified atom stereocenters. The maximum atomic E-state index is 7.31. The summed E-state index contributed by atoms with van der Waals surface area (Å²) in [5.74, 6) is 0.0865. The van der Waals surface area contributed by atoms with Crippen LogP contribution in [0.4, 0.5) is 10.8 Å². The molecule has 1 heterocycles. The van der Waals surface area contributed by atoms with Crippen LogP contribution in [0.25, 0.3) is 0 Å². The van der Waals surface area contributed by atoms with Crippen molar-refractivity contribution in [1.29, 1.82) is 5.41 Å². The van der Waals surface area contributed by atoms with Crippen LogP contribution in [-0.4, -0.2) is 17.9 Å². The van der Waals surface area contributed by atoms with Gasteiger partial charge in [-0.1, -0.05) is 0 Å². The Labute approximate surface area is 97.9 Å². The van der Waals surface area contributed by atoms with Crippen molar-refractivity contribution in [3.63, 3.8) is 0 Å². The fourth-order valence-corrected chi connectivity index (χ4v) is 1.99. The van der Waals surface area contributed by atoms with Gasteiger partial charge in [0, 0.05) is 29.9 Å². The maximum absolute atomic E-state index is 7.31. The smallest absolute Gasteiger partial charge is 0.189 e. The second kappa shape index (κ2) is 4.32. The molecule has 2 rings (SSSR count). The van der Waals surface area contributed by atoms with Gasteiger partial charge in [0.05, 0.1) is 0 Å². The van der Waals surface area contributed by atoms with E-state index in [1.807, 2.05) is 41.6 Å². The minimum absolute atomic E-state index is 0.0865. The Bertz CT molecular complexity index is 475. The van der Waals surface area contributed by atoms with Crippen LogP contribution < -0.4 is 10.6 Å². The van der Waals surface area contributed by atoms with Crippen molar-refractivity contribution in [2.45, 2.75) is 0 Å². The van der Waals surface area contributed by atoms with E-state index >= 15 is 0 Å². The number of hydrogen-bond donors (Lipinski definition) is 2. The third kappa shape index (κ3) is 2.04. The summed E-state index contributed by atoms with van der Waals surface area (Å²) in [6.07, 6.45) is 1.78. The number of thiazole rings is 1. The van der Waals surface area contributed by atoms with Crippen molar-refractivity contribution in [3.05, 3.63) is 41.4 Å². The molecule has 16 heavy (non-hydrogen) atoms. The number of nitrogen functional groups attached to an aromatic ring is 1. The Balaban J connectivity index is 2.25. The number of aromatic nitrogens is 1. The first kappa shape index (κ1) is 10.6. The van der Waals surface area contributed by atoms with E-state index in [1.165, 1.54) is 0 Å². The van der Waals surface area contributed by atoms with Crippen LogP contribution in [0, 0.1) is 5.41 Å². The Morgan fingerprint density at radius 2 is 2.06 bits per heavy atom. The summed E-state index contributed by atoms with van der Waals surface area (Å²) in [4.78, 5) is 6.22. The van der Waals surface area contributed by atoms with Crippen LogP contribution in [0.5, 0.6) is 0 Å². The lowest BCUT2D eigenvalue weighted by atomic mass is 10.2. The molecule has 0 aliphatic heterocycles. The first-order valence-corrected chi connectivity index (χ1v) is 5.64. The topological polar surface area (TPSA) is 66.0 Å². The average Bonchev–Trinajstić information content (AvgIpc) is 2.81. The molecule has 0 atom stereocenters. The number of amidine groups is 1. The molecule has 0 saturated carbocycles. The molecule has 0 amide bonds. The largest absolute Gasteiger partial charge is 0.384 e. The van der Waals surface area contributed by atoms with Gasteiger partial charge in [0.25, 0.3) is 0 Å². The summed E-state index contributed by atoms with van der Waals surface area (Å²) in [7, 11) is 1.96. The SMILES string of the molecule is CN(c1ccc(C(=N)N)cc1)c1nccs1. The lowest BCUT2D eigenvalue weighted by Crippen LogP contribution is -2.12. The Morgan fingerprint density at radius 3 is 2.56 bits per heavy atom. The van der Waals surface area contributed by atoms with Crippen molar-refractivity contribution in [2.75, 3.05) is 11.9 Å². The highest BCUT2D eigenvalue weighted by Crippen LogP contribution is 2.25. The highest BCUT2D eigenvalue weighted by Gasteiger charge is 2.06. The Kier molecular flexibility index (Phi) is 2.87. The molecule has 3 N–H and O–H groups in total. The summed E-state index contributed by atoms with van der Waals surface area (Å²) >= 11 is 1.58. The van der Waals surface area contributed by atoms with E-state index in [2.05, 4.69) is 4.98 Å². The second-order valence-corrected chi connectivity index (χ2v) is 4.21. The zero-order valence-electron chi connectivity index (χ0n) is 8.84. The molecular formula is C11H12N4S. The summed E-state index contributed by atoms with van der Waals surface area (Å²) < 4.78 is 0. The fourth-order valence-electron chi connectivity index (χ4n) is 1.36. The van der Waals surface area contributed by atoms with Crippen LogP contribution in [0.3, 0.4) is 0 Å². The molecule has 0 aliphatic rings. The Hall–Kier alpha value is -1.88. The third-order valence-electron chi connectivity index (χ3n) is 2.27. The monoisotopic (exact) mass is 232 g/mol. The molecule has 0 saturated heterocycles. The predicted octanol–water partition coefficient (Wildman–Crippen LogP) is 2.20. The molecule has 0 bridgehead atoms. The minimum atomic E-state index is 0.0865. The standard InChI is InChI=1S/C11H12N4S/c1-15(11-14-6-7-16-11)9-4-2-8(3-5-9)10(12)13/h2-7H,1H3,(H3,12,13). The van der Waals surface area contributed by atoms with Crippen LogP contribution in [-0.2, 0) is 0 Å². The van der Waals surface area contributed by atoms with E-state index < -0.39 is 0 Å². The number of rotatable bonds is 3. The van der Waals surface area contributed by atoms with Crippen molar-refractivity contribution < 1.29 is 0 Å². The third-order valence-corrected chi connectivity index (χ3v) is 3.12. The number of nitrogens with zero attached hydrogens (tertiary/aromatic N) is 2. The first-order chi connectivity index (χ1) is 7.68. The highest BCUT2D eigenvalue weighted by atomic mass is 32.1. The van der Waals surface area contributed by atoms with E-state index in [4.69, 9.17) is 11.1 Å². The van der Waals surface area contributed by atoms with Gasteiger partial charge in [-0.2, -0.15) is 0 Å². The number of anilines is 2.